The lowest BCUT2D eigenvalue weighted by molar-refractivity contribution is 1.18. The Morgan fingerprint density at radius 1 is 0.365 bits per heavy atom. The number of nitrogens with zero attached hydrogens (tertiary/aromatic N) is 3. The Labute approximate surface area is 303 Å². The van der Waals surface area contributed by atoms with Crippen molar-refractivity contribution in [1.29, 1.82) is 0 Å². The summed E-state index contributed by atoms with van der Waals surface area (Å²) < 4.78 is 2.44. The SMILES string of the molecule is c1ccc(N2c3ccccc3B3c4ccc(-c5cccc6c7ccccc7n(-c7ccccc7)c56)cc4N(c4ccccc4)c4cccc2c43)cc1. The lowest BCUT2D eigenvalue weighted by Crippen LogP contribution is -2.61. The highest BCUT2D eigenvalue weighted by molar-refractivity contribution is 7.00. The zero-order valence-electron chi connectivity index (χ0n) is 28.4. The average Bonchev–Trinajstić information content (AvgIpc) is 3.56. The summed E-state index contributed by atoms with van der Waals surface area (Å²) in [5.74, 6) is 0. The van der Waals surface area contributed by atoms with Crippen molar-refractivity contribution < 1.29 is 0 Å². The maximum absolute atomic E-state index is 2.48. The van der Waals surface area contributed by atoms with Crippen LogP contribution in [0.4, 0.5) is 34.1 Å². The molecule has 3 heterocycles. The second-order valence-corrected chi connectivity index (χ2v) is 13.7. The summed E-state index contributed by atoms with van der Waals surface area (Å²) in [6, 6.07) is 70.9. The van der Waals surface area contributed by atoms with Gasteiger partial charge in [0.1, 0.15) is 0 Å². The monoisotopic (exact) mass is 661 g/mol. The fourth-order valence-corrected chi connectivity index (χ4v) is 8.86. The fourth-order valence-electron chi connectivity index (χ4n) is 8.86. The number of aromatic nitrogens is 1. The van der Waals surface area contributed by atoms with E-state index in [4.69, 9.17) is 0 Å². The topological polar surface area (TPSA) is 11.4 Å². The van der Waals surface area contributed by atoms with Crippen LogP contribution in [-0.4, -0.2) is 11.3 Å². The lowest BCUT2D eigenvalue weighted by Gasteiger charge is -2.44. The third kappa shape index (κ3) is 4.15. The molecule has 0 spiro atoms. The van der Waals surface area contributed by atoms with Gasteiger partial charge in [-0.1, -0.05) is 127 Å². The maximum atomic E-state index is 2.48. The van der Waals surface area contributed by atoms with Gasteiger partial charge >= 0.3 is 0 Å². The standard InChI is InChI=1S/C48H32BN3/c1-4-16-34(17-5-1)50-43-27-13-11-25-40(43)49-41-31-30-33(32-46(41)51(35-18-6-2-7-19-35)45-29-15-28-44(50)47(45)49)37-23-14-24-39-38-22-10-12-26-42(38)52(48(37)39)36-20-8-3-9-21-36/h1-32H. The van der Waals surface area contributed by atoms with Crippen molar-refractivity contribution in [1.82, 2.24) is 4.57 Å². The molecule has 0 aliphatic carbocycles. The first kappa shape index (κ1) is 29.0. The number of anilines is 6. The molecule has 8 aromatic carbocycles. The van der Waals surface area contributed by atoms with Gasteiger partial charge < -0.3 is 14.4 Å². The van der Waals surface area contributed by atoms with Crippen LogP contribution in [0.2, 0.25) is 0 Å². The fraction of sp³-hybridized carbons (Fsp3) is 0. The Hall–Kier alpha value is -6.78. The molecule has 242 valence electrons. The van der Waals surface area contributed by atoms with Gasteiger partial charge in [-0.2, -0.15) is 0 Å². The Kier molecular flexibility index (Phi) is 6.35. The third-order valence-corrected chi connectivity index (χ3v) is 11.0. The number of hydrogen-bond donors (Lipinski definition) is 0. The second-order valence-electron chi connectivity index (χ2n) is 13.7. The maximum Gasteiger partial charge on any atom is 0.252 e. The van der Waals surface area contributed by atoms with E-state index in [-0.39, 0.29) is 6.71 Å². The molecule has 2 aliphatic rings. The van der Waals surface area contributed by atoms with E-state index < -0.39 is 0 Å². The number of para-hydroxylation sites is 6. The molecule has 0 fully saturated rings. The highest BCUT2D eigenvalue weighted by Gasteiger charge is 2.43. The molecule has 0 saturated heterocycles. The second kappa shape index (κ2) is 11.4. The first-order valence-corrected chi connectivity index (χ1v) is 18.0. The van der Waals surface area contributed by atoms with E-state index in [0.717, 1.165) is 17.1 Å². The molecule has 0 bridgehead atoms. The van der Waals surface area contributed by atoms with Gasteiger partial charge in [0.15, 0.2) is 0 Å². The Morgan fingerprint density at radius 2 is 0.904 bits per heavy atom. The van der Waals surface area contributed by atoms with Crippen molar-refractivity contribution in [3.63, 3.8) is 0 Å². The largest absolute Gasteiger partial charge is 0.311 e. The molecule has 2 aliphatic heterocycles. The van der Waals surface area contributed by atoms with Gasteiger partial charge in [-0.3, -0.25) is 0 Å². The minimum absolute atomic E-state index is 0.0814. The molecular weight excluding hydrogens is 629 g/mol. The Bertz CT molecular complexity index is 2810. The van der Waals surface area contributed by atoms with Crippen molar-refractivity contribution in [2.24, 2.45) is 0 Å². The molecule has 0 N–H and O–H groups in total. The van der Waals surface area contributed by atoms with Gasteiger partial charge in [-0.05, 0) is 88.7 Å². The van der Waals surface area contributed by atoms with E-state index in [2.05, 4.69) is 208 Å². The number of benzene rings is 8. The van der Waals surface area contributed by atoms with Crippen LogP contribution >= 0.6 is 0 Å². The highest BCUT2D eigenvalue weighted by atomic mass is 15.2. The number of hydrogen-bond acceptors (Lipinski definition) is 2. The van der Waals surface area contributed by atoms with Crippen LogP contribution in [0.15, 0.2) is 194 Å². The minimum Gasteiger partial charge on any atom is -0.311 e. The smallest absolute Gasteiger partial charge is 0.252 e. The molecule has 11 rings (SSSR count). The van der Waals surface area contributed by atoms with E-state index in [1.54, 1.807) is 0 Å². The molecule has 9 aromatic rings. The summed E-state index contributed by atoms with van der Waals surface area (Å²) in [4.78, 5) is 4.93. The van der Waals surface area contributed by atoms with Crippen molar-refractivity contribution in [3.05, 3.63) is 194 Å². The quantitative estimate of drug-likeness (QED) is 0.174. The van der Waals surface area contributed by atoms with E-state index in [0.29, 0.717) is 0 Å². The minimum atomic E-state index is 0.0814. The van der Waals surface area contributed by atoms with Gasteiger partial charge in [0.05, 0.1) is 11.0 Å². The molecule has 0 unspecified atom stereocenters. The molecule has 0 atom stereocenters. The van der Waals surface area contributed by atoms with Crippen LogP contribution in [0.3, 0.4) is 0 Å². The van der Waals surface area contributed by atoms with E-state index in [1.165, 1.54) is 72.1 Å². The van der Waals surface area contributed by atoms with Crippen molar-refractivity contribution in [2.45, 2.75) is 0 Å². The predicted octanol–water partition coefficient (Wildman–Crippen LogP) is 10.5. The number of fused-ring (bicyclic) bond motifs is 7. The summed E-state index contributed by atoms with van der Waals surface area (Å²) in [6.45, 7) is 0.0814. The van der Waals surface area contributed by atoms with E-state index >= 15 is 0 Å². The third-order valence-electron chi connectivity index (χ3n) is 11.0. The van der Waals surface area contributed by atoms with Gasteiger partial charge in [0, 0.05) is 56.1 Å². The highest BCUT2D eigenvalue weighted by Crippen LogP contribution is 2.45. The van der Waals surface area contributed by atoms with Crippen molar-refractivity contribution in [2.75, 3.05) is 9.80 Å². The first-order valence-electron chi connectivity index (χ1n) is 18.0. The summed E-state index contributed by atoms with van der Waals surface area (Å²) in [6.07, 6.45) is 0. The van der Waals surface area contributed by atoms with Crippen LogP contribution in [0.1, 0.15) is 0 Å². The summed E-state index contributed by atoms with van der Waals surface area (Å²) in [5, 5.41) is 2.52. The van der Waals surface area contributed by atoms with E-state index in [9.17, 15) is 0 Å². The van der Waals surface area contributed by atoms with Crippen LogP contribution in [0.25, 0.3) is 38.6 Å². The normalized spacial score (nSPS) is 12.9. The first-order chi connectivity index (χ1) is 25.8. The molecule has 0 amide bonds. The summed E-state index contributed by atoms with van der Waals surface area (Å²) in [5.41, 5.74) is 17.1. The zero-order valence-corrected chi connectivity index (χ0v) is 28.4. The van der Waals surface area contributed by atoms with Crippen LogP contribution in [-0.2, 0) is 0 Å². The molecule has 52 heavy (non-hydrogen) atoms. The average molecular weight is 662 g/mol. The summed E-state index contributed by atoms with van der Waals surface area (Å²) in [7, 11) is 0. The molecule has 4 heteroatoms. The molecule has 1 aromatic heterocycles. The molecule has 0 saturated carbocycles. The van der Waals surface area contributed by atoms with Crippen LogP contribution in [0.5, 0.6) is 0 Å². The van der Waals surface area contributed by atoms with Gasteiger partial charge in [0.25, 0.3) is 6.71 Å². The lowest BCUT2D eigenvalue weighted by atomic mass is 9.33. The van der Waals surface area contributed by atoms with Gasteiger partial charge in [-0.15, -0.1) is 0 Å². The van der Waals surface area contributed by atoms with Gasteiger partial charge in [0.2, 0.25) is 0 Å². The summed E-state index contributed by atoms with van der Waals surface area (Å²) >= 11 is 0. The predicted molar refractivity (Wildman–Crippen MR) is 220 cm³/mol. The molecule has 3 nitrogen and oxygen atoms in total. The van der Waals surface area contributed by atoms with Crippen molar-refractivity contribution >= 4 is 79.0 Å². The zero-order chi connectivity index (χ0) is 34.2. The molecule has 0 radical (unpaired) electrons. The van der Waals surface area contributed by atoms with Crippen molar-refractivity contribution in [3.8, 4) is 16.8 Å². The Morgan fingerprint density at radius 3 is 1.63 bits per heavy atom. The van der Waals surface area contributed by atoms with Crippen LogP contribution in [0, 0.1) is 0 Å². The number of rotatable bonds is 4. The molecular formula is C48H32BN3. The van der Waals surface area contributed by atoms with Crippen LogP contribution < -0.4 is 26.2 Å². The van der Waals surface area contributed by atoms with Gasteiger partial charge in [-0.25, -0.2) is 0 Å². The Balaban J connectivity index is 1.20. The van der Waals surface area contributed by atoms with E-state index in [1.807, 2.05) is 0 Å².